The van der Waals surface area contributed by atoms with Gasteiger partial charge in [-0.05, 0) is 59.3 Å². The Bertz CT molecular complexity index is 1120. The van der Waals surface area contributed by atoms with Crippen LogP contribution in [-0.4, -0.2) is 56.4 Å². The second-order valence-corrected chi connectivity index (χ2v) is 7.96. The summed E-state index contributed by atoms with van der Waals surface area (Å²) in [5, 5.41) is 2.19. The summed E-state index contributed by atoms with van der Waals surface area (Å²) in [4.78, 5) is 38.4. The molecule has 34 heavy (non-hydrogen) atoms. The minimum atomic E-state index is -0.458. The number of nitrogens with zero attached hydrogens (tertiary/aromatic N) is 1. The topological polar surface area (TPSA) is 94.2 Å². The van der Waals surface area contributed by atoms with Crippen LogP contribution in [0.1, 0.15) is 11.1 Å². The van der Waals surface area contributed by atoms with Gasteiger partial charge in [0.25, 0.3) is 11.1 Å². The van der Waals surface area contributed by atoms with Crippen LogP contribution in [0.5, 0.6) is 17.2 Å². The van der Waals surface area contributed by atoms with E-state index in [-0.39, 0.29) is 23.8 Å². The molecule has 1 heterocycles. The average molecular weight is 487 g/mol. The molecule has 1 N–H and O–H groups in total. The van der Waals surface area contributed by atoms with Crippen LogP contribution in [0.2, 0.25) is 0 Å². The Kier molecular flexibility index (Phi) is 8.31. The summed E-state index contributed by atoms with van der Waals surface area (Å²) >= 11 is 0.809. The van der Waals surface area contributed by atoms with E-state index in [1.807, 2.05) is 0 Å². The largest absolute Gasteiger partial charge is 0.493 e. The third-order valence-electron chi connectivity index (χ3n) is 4.79. The van der Waals surface area contributed by atoms with Crippen LogP contribution in [0.3, 0.4) is 0 Å². The van der Waals surface area contributed by atoms with Crippen LogP contribution >= 0.6 is 11.8 Å². The van der Waals surface area contributed by atoms with Crippen LogP contribution in [0.25, 0.3) is 12.2 Å². The maximum Gasteiger partial charge on any atom is 0.293 e. The molecule has 0 unspecified atom stereocenters. The molecule has 0 aromatic heterocycles. The maximum atomic E-state index is 12.9. The van der Waals surface area contributed by atoms with Gasteiger partial charge >= 0.3 is 0 Å². The monoisotopic (exact) mass is 486 g/mol. The molecular weight excluding hydrogens is 463 g/mol. The third-order valence-corrected chi connectivity index (χ3v) is 5.70. The van der Waals surface area contributed by atoms with Gasteiger partial charge in [0.05, 0.1) is 26.2 Å². The Labute approximate surface area is 200 Å². The first kappa shape index (κ1) is 24.8. The molecule has 178 valence electrons. The van der Waals surface area contributed by atoms with Gasteiger partial charge in [-0.3, -0.25) is 19.3 Å². The molecule has 0 saturated carbocycles. The van der Waals surface area contributed by atoms with Crippen molar-refractivity contribution in [3.8, 4) is 17.2 Å². The summed E-state index contributed by atoms with van der Waals surface area (Å²) in [7, 11) is 4.46. The molecule has 2 aromatic rings. The zero-order valence-electron chi connectivity index (χ0n) is 18.8. The van der Waals surface area contributed by atoms with E-state index < -0.39 is 17.1 Å². The summed E-state index contributed by atoms with van der Waals surface area (Å²) in [6.45, 7) is 0.107. The molecule has 3 rings (SSSR count). The van der Waals surface area contributed by atoms with Gasteiger partial charge < -0.3 is 19.5 Å². The zero-order chi connectivity index (χ0) is 24.7. The van der Waals surface area contributed by atoms with E-state index >= 15 is 0 Å². The number of imide groups is 1. The number of benzene rings is 2. The van der Waals surface area contributed by atoms with Gasteiger partial charge in [-0.2, -0.15) is 0 Å². The number of carbonyl (C=O) groups excluding carboxylic acids is 3. The van der Waals surface area contributed by atoms with Crippen molar-refractivity contribution < 1.29 is 33.0 Å². The van der Waals surface area contributed by atoms with E-state index in [9.17, 15) is 18.8 Å². The molecule has 1 saturated heterocycles. The number of halogens is 1. The number of hydrogen-bond acceptors (Lipinski definition) is 7. The van der Waals surface area contributed by atoms with Crippen LogP contribution in [0.15, 0.2) is 47.4 Å². The van der Waals surface area contributed by atoms with Crippen molar-refractivity contribution >= 4 is 41.0 Å². The minimum absolute atomic E-state index is 0.0212. The number of rotatable bonds is 9. The minimum Gasteiger partial charge on any atom is -0.493 e. The van der Waals surface area contributed by atoms with Gasteiger partial charge in [-0.25, -0.2) is 4.39 Å². The SMILES string of the molecule is COc1cc(/C=C2\SC(=O)N(CCNC(=O)/C=C/c3ccc(F)cc3)C2=O)cc(OC)c1OC. The molecule has 0 radical (unpaired) electrons. The lowest BCUT2D eigenvalue weighted by Gasteiger charge is -2.13. The highest BCUT2D eigenvalue weighted by Crippen LogP contribution is 2.40. The fraction of sp³-hybridized carbons (Fsp3) is 0.208. The van der Waals surface area contributed by atoms with Crippen molar-refractivity contribution in [1.29, 1.82) is 0 Å². The molecule has 3 amide bonds. The fourth-order valence-corrected chi connectivity index (χ4v) is 3.99. The number of amides is 3. The highest BCUT2D eigenvalue weighted by Gasteiger charge is 2.34. The standard InChI is InChI=1S/C24H23FN2O6S/c1-31-18-12-16(13-19(32-2)22(18)33-3)14-20-23(29)27(24(30)34-20)11-10-26-21(28)9-6-15-4-7-17(25)8-5-15/h4-9,12-14H,10-11H2,1-3H3,(H,26,28)/b9-6+,20-14-. The van der Waals surface area contributed by atoms with Crippen LogP contribution in [0.4, 0.5) is 9.18 Å². The van der Waals surface area contributed by atoms with Crippen LogP contribution < -0.4 is 19.5 Å². The number of carbonyl (C=O) groups is 3. The number of hydrogen-bond donors (Lipinski definition) is 1. The first-order valence-electron chi connectivity index (χ1n) is 10.1. The lowest BCUT2D eigenvalue weighted by molar-refractivity contribution is -0.123. The molecule has 1 aliphatic heterocycles. The smallest absolute Gasteiger partial charge is 0.293 e. The lowest BCUT2D eigenvalue weighted by Crippen LogP contribution is -2.36. The van der Waals surface area contributed by atoms with Gasteiger partial charge in [0.1, 0.15) is 5.82 Å². The summed E-state index contributed by atoms with van der Waals surface area (Å²) in [6, 6.07) is 9.01. The number of methoxy groups -OCH3 is 3. The molecule has 0 bridgehead atoms. The average Bonchev–Trinajstić information content (AvgIpc) is 3.10. The Morgan fingerprint density at radius 3 is 2.26 bits per heavy atom. The Morgan fingerprint density at radius 1 is 1.03 bits per heavy atom. The van der Waals surface area contributed by atoms with Gasteiger partial charge in [-0.1, -0.05) is 12.1 Å². The summed E-state index contributed by atoms with van der Waals surface area (Å²) in [6.07, 6.45) is 4.40. The lowest BCUT2D eigenvalue weighted by atomic mass is 10.1. The van der Waals surface area contributed by atoms with Crippen molar-refractivity contribution in [3.05, 3.63) is 64.3 Å². The van der Waals surface area contributed by atoms with E-state index in [1.54, 1.807) is 30.3 Å². The van der Waals surface area contributed by atoms with Gasteiger partial charge in [0.2, 0.25) is 11.7 Å². The molecule has 10 heteroatoms. The first-order valence-corrected chi connectivity index (χ1v) is 10.9. The van der Waals surface area contributed by atoms with Crippen LogP contribution in [-0.2, 0) is 9.59 Å². The first-order chi connectivity index (χ1) is 16.4. The molecule has 8 nitrogen and oxygen atoms in total. The molecule has 0 spiro atoms. The van der Waals surface area contributed by atoms with E-state index in [2.05, 4.69) is 5.32 Å². The van der Waals surface area contributed by atoms with Crippen molar-refractivity contribution in [2.45, 2.75) is 0 Å². The van der Waals surface area contributed by atoms with Crippen molar-refractivity contribution in [2.24, 2.45) is 0 Å². The molecule has 1 aliphatic rings. The normalized spacial score (nSPS) is 14.7. The summed E-state index contributed by atoms with van der Waals surface area (Å²) in [5.74, 6) is 0.0363. The quantitative estimate of drug-likeness (QED) is 0.540. The van der Waals surface area contributed by atoms with Crippen LogP contribution in [0, 0.1) is 5.82 Å². The van der Waals surface area contributed by atoms with Gasteiger partial charge in [0.15, 0.2) is 11.5 Å². The van der Waals surface area contributed by atoms with Crippen molar-refractivity contribution in [1.82, 2.24) is 10.2 Å². The highest BCUT2D eigenvalue weighted by molar-refractivity contribution is 8.18. The fourth-order valence-electron chi connectivity index (χ4n) is 3.12. The Balaban J connectivity index is 1.62. The zero-order valence-corrected chi connectivity index (χ0v) is 19.6. The van der Waals surface area contributed by atoms with Crippen molar-refractivity contribution in [2.75, 3.05) is 34.4 Å². The molecular formula is C24H23FN2O6S. The maximum absolute atomic E-state index is 12.9. The predicted octanol–water partition coefficient (Wildman–Crippen LogP) is 3.72. The van der Waals surface area contributed by atoms with E-state index in [0.717, 1.165) is 16.7 Å². The Morgan fingerprint density at radius 2 is 1.68 bits per heavy atom. The second kappa shape index (κ2) is 11.4. The summed E-state index contributed by atoms with van der Waals surface area (Å²) in [5.41, 5.74) is 1.26. The molecule has 0 atom stereocenters. The molecule has 1 fully saturated rings. The Hall–Kier alpha value is -3.79. The molecule has 0 aliphatic carbocycles. The van der Waals surface area contributed by atoms with Gasteiger partial charge in [0, 0.05) is 19.2 Å². The number of nitrogens with one attached hydrogen (secondary N) is 1. The second-order valence-electron chi connectivity index (χ2n) is 6.97. The van der Waals surface area contributed by atoms with Crippen molar-refractivity contribution in [3.63, 3.8) is 0 Å². The number of thioether (sulfide) groups is 1. The van der Waals surface area contributed by atoms with E-state index in [4.69, 9.17) is 14.2 Å². The number of ether oxygens (including phenoxy) is 3. The summed E-state index contributed by atoms with van der Waals surface area (Å²) < 4.78 is 28.8. The molecule has 2 aromatic carbocycles. The van der Waals surface area contributed by atoms with E-state index in [0.29, 0.717) is 28.4 Å². The third kappa shape index (κ3) is 5.96. The van der Waals surface area contributed by atoms with E-state index in [1.165, 1.54) is 45.6 Å². The predicted molar refractivity (Wildman–Crippen MR) is 127 cm³/mol. The highest BCUT2D eigenvalue weighted by atomic mass is 32.2. The van der Waals surface area contributed by atoms with Gasteiger partial charge in [-0.15, -0.1) is 0 Å².